The Kier molecular flexibility index (Phi) is 28.4. The number of pyridine rings is 6. The number of fused-ring (bicyclic) bond motifs is 10. The van der Waals surface area contributed by atoms with Crippen molar-refractivity contribution in [2.45, 2.75) is 193 Å². The molecule has 24 nitrogen and oxygen atoms in total. The van der Waals surface area contributed by atoms with Crippen LogP contribution in [0.4, 0.5) is 29.0 Å². The number of allylic oxidation sites excluding steroid dienone is 1. The number of benzene rings is 3. The highest BCUT2D eigenvalue weighted by atomic mass is 16.3. The molecule has 0 fully saturated rings. The Hall–Kier alpha value is -12.7. The predicted octanol–water partition coefficient (Wildman–Crippen LogP) is 17.9. The number of aromatic nitrogens is 12. The van der Waals surface area contributed by atoms with E-state index in [2.05, 4.69) is 220 Å². The quantitative estimate of drug-likeness (QED) is 0.0224. The summed E-state index contributed by atoms with van der Waals surface area (Å²) in [6.07, 6.45) is 50.4. The highest BCUT2D eigenvalue weighted by Gasteiger charge is 2.32. The molecule has 7 atom stereocenters. The van der Waals surface area contributed by atoms with Crippen molar-refractivity contribution < 1.29 is 5.11 Å². The maximum absolute atomic E-state index is 8.97. The van der Waals surface area contributed by atoms with Gasteiger partial charge in [-0.15, -0.1) is 19.7 Å². The molecule has 0 saturated carbocycles. The van der Waals surface area contributed by atoms with Gasteiger partial charge in [0.1, 0.15) is 23.3 Å². The average molecular weight is 1610 g/mol. The number of aliphatic hydroxyl groups excluding tert-OH is 1. The number of hydrogen-bond donors (Lipinski definition) is 11. The first-order valence-corrected chi connectivity index (χ1v) is 43.0. The molecule has 13 heterocycles. The monoisotopic (exact) mass is 1610 g/mol. The van der Waals surface area contributed by atoms with E-state index in [-0.39, 0.29) is 48.5 Å². The lowest BCUT2D eigenvalue weighted by Gasteiger charge is -2.28. The molecule has 12 aromatic rings. The van der Waals surface area contributed by atoms with Crippen LogP contribution < -0.4 is 43.3 Å². The number of aliphatic hydroxyl groups is 1. The van der Waals surface area contributed by atoms with Crippen LogP contribution in [-0.2, 0) is 44.9 Å². The van der Waals surface area contributed by atoms with Crippen molar-refractivity contribution in [2.75, 3.05) is 41.4 Å². The molecular weight excluding hydrogens is 1490 g/mol. The molecule has 18 rings (SSSR count). The van der Waals surface area contributed by atoms with Gasteiger partial charge in [-0.25, -0.2) is 24.9 Å². The highest BCUT2D eigenvalue weighted by Crippen LogP contribution is 2.43. The number of hydrazone groups is 3. The fourth-order valence-corrected chi connectivity index (χ4v) is 17.1. The van der Waals surface area contributed by atoms with Crippen molar-refractivity contribution in [3.63, 3.8) is 0 Å². The Labute approximate surface area is 703 Å². The van der Waals surface area contributed by atoms with E-state index in [1.165, 1.54) is 130 Å². The van der Waals surface area contributed by atoms with Crippen molar-refractivity contribution in [1.82, 2.24) is 82.1 Å². The first kappa shape index (κ1) is 83.8. The van der Waals surface area contributed by atoms with E-state index in [0.29, 0.717) is 11.6 Å². The van der Waals surface area contributed by atoms with Gasteiger partial charge in [0, 0.05) is 119 Å². The van der Waals surface area contributed by atoms with Gasteiger partial charge in [-0.05, 0) is 232 Å². The largest absolute Gasteiger partial charge is 0.396 e. The van der Waals surface area contributed by atoms with E-state index in [1.54, 1.807) is 12.3 Å². The average Bonchev–Trinajstić information content (AvgIpc) is 1.36. The summed E-state index contributed by atoms with van der Waals surface area (Å²) in [6, 6.07) is 31.4. The summed E-state index contributed by atoms with van der Waals surface area (Å²) >= 11 is 0. The molecule has 13 N–H and O–H groups in total. The number of nitrogens with two attached hydrogens (primary N) is 2. The second kappa shape index (κ2) is 40.6. The number of nitrogens with zero attached hydrogens (tertiary/aromatic N) is 13. The lowest BCUT2D eigenvalue weighted by molar-refractivity contribution is 0.288. The van der Waals surface area contributed by atoms with E-state index < -0.39 is 0 Å². The number of dihydropyridines is 1. The first-order chi connectivity index (χ1) is 59.0. The Morgan fingerprint density at radius 1 is 0.533 bits per heavy atom. The number of aromatic amines is 3. The highest BCUT2D eigenvalue weighted by molar-refractivity contribution is 6.09. The van der Waals surface area contributed by atoms with E-state index in [4.69, 9.17) is 31.5 Å². The Bertz CT molecular complexity index is 5640. The lowest BCUT2D eigenvalue weighted by atomic mass is 9.83. The molecule has 120 heavy (non-hydrogen) atoms. The zero-order valence-corrected chi connectivity index (χ0v) is 70.0. The van der Waals surface area contributed by atoms with Crippen LogP contribution in [-0.4, -0.2) is 122 Å². The normalized spacial score (nSPS) is 18.5. The van der Waals surface area contributed by atoms with Gasteiger partial charge < -0.3 is 48.4 Å². The molecule has 0 radical (unpaired) electrons. The van der Waals surface area contributed by atoms with Crippen LogP contribution in [0, 0.1) is 5.92 Å². The van der Waals surface area contributed by atoms with Crippen LogP contribution in [0.2, 0.25) is 0 Å². The third kappa shape index (κ3) is 19.2. The standard InChI is InChI=1S/C23H19N5.C22H30N4O.C19H18N6.C18H28N4.C14H20N4/c1-2-6-14(7-3-1)22-18(13-25-28-22)23-16-9-5-4-8-15(16)21-17-12-24-27-19(17)10-11-20(21)26-23;1-3-5-7-16-12-22(17-9-10-18(23-13-17)8-6-11-27)24-14-19(16)20-15-25-26-21(20)4-2;20-17-8-5-11(9-21-17)23-19-13-4-2-1-3-12(13)18-14-10-22-25-15(14)6-7-16(18)24-19;1-5-9-10-14-11-18(22(7-3)8-4)19-12-15(14)16-13-20-21-17(16)6-2;1-3-5-6-10-7-14(15)16-8-11(10)12-9-17-18-13(12)4-2/h1-3,6-7,10-13H,4-5,8-9H2,(H,24,27)(H,25,28);4,9-10,12-15,20-22,24,26-27H,2-3,5-8,11H2,1H3;5-10H,1-4H2,(H2,20,21)(H,22,25)(H,23,24);6,11-13,16-17,21H,2,5,7-10H2,1,3-4H3;4,7-9,12-13,18H,2-3,5-6H2,1H3,(H2,15,16). The fraction of sp³-hybridized carbons (Fsp3) is 0.354. The summed E-state index contributed by atoms with van der Waals surface area (Å²) in [7, 11) is 0. The summed E-state index contributed by atoms with van der Waals surface area (Å²) in [4.78, 5) is 30.0. The van der Waals surface area contributed by atoms with Crippen molar-refractivity contribution in [3.8, 4) is 22.5 Å². The molecule has 4 aliphatic heterocycles. The first-order valence-electron chi connectivity index (χ1n) is 43.0. The molecule has 0 saturated heterocycles. The third-order valence-electron chi connectivity index (χ3n) is 23.7. The molecular formula is C96H115N23O. The number of anilines is 5. The fourth-order valence-electron chi connectivity index (χ4n) is 17.1. The summed E-state index contributed by atoms with van der Waals surface area (Å²) < 4.78 is 0. The molecule has 0 amide bonds. The summed E-state index contributed by atoms with van der Waals surface area (Å²) in [5, 5.41) is 55.6. The number of rotatable bonds is 26. The number of unbranched alkanes of at least 4 members (excludes halogenated alkanes) is 3. The van der Waals surface area contributed by atoms with E-state index in [0.717, 1.165) is 156 Å². The van der Waals surface area contributed by atoms with Crippen molar-refractivity contribution >= 4 is 91.2 Å². The maximum Gasteiger partial charge on any atom is 0.134 e. The second-order valence-corrected chi connectivity index (χ2v) is 31.4. The lowest BCUT2D eigenvalue weighted by Crippen LogP contribution is -2.30. The molecule has 7 unspecified atom stereocenters. The smallest absolute Gasteiger partial charge is 0.134 e. The molecule has 620 valence electrons. The minimum absolute atomic E-state index is 0.133. The molecule has 6 aliphatic rings. The summed E-state index contributed by atoms with van der Waals surface area (Å²) in [5.74, 6) is 3.78. The Morgan fingerprint density at radius 2 is 1.11 bits per heavy atom. The molecule has 24 heteroatoms. The summed E-state index contributed by atoms with van der Waals surface area (Å²) in [6.45, 7) is 24.9. The maximum atomic E-state index is 8.97. The van der Waals surface area contributed by atoms with Crippen LogP contribution >= 0.6 is 0 Å². The summed E-state index contributed by atoms with van der Waals surface area (Å²) in [5.41, 5.74) is 45.7. The third-order valence-corrected chi connectivity index (χ3v) is 23.7. The number of H-pyrrole nitrogens is 3. The number of nitrogen functional groups attached to an aromatic ring is 2. The number of nitrogens with one attached hydrogen (secondary N) is 8. The number of aryl methyl sites for hydroxylation is 5. The molecule has 2 aliphatic carbocycles. The number of hydrogen-bond acceptors (Lipinski definition) is 21. The van der Waals surface area contributed by atoms with Gasteiger partial charge in [-0.3, -0.25) is 20.3 Å². The zero-order valence-electron chi connectivity index (χ0n) is 70.0. The van der Waals surface area contributed by atoms with Crippen LogP contribution in [0.3, 0.4) is 0 Å². The minimum atomic E-state index is 0.133. The van der Waals surface area contributed by atoms with Crippen LogP contribution in [0.5, 0.6) is 0 Å². The van der Waals surface area contributed by atoms with Gasteiger partial charge in [0.05, 0.1) is 88.1 Å². The molecule has 3 aromatic carbocycles. The zero-order chi connectivity index (χ0) is 83.3. The van der Waals surface area contributed by atoms with Crippen molar-refractivity contribution in [3.05, 3.63) is 252 Å². The molecule has 0 bridgehead atoms. The molecule has 9 aromatic heterocycles. The minimum Gasteiger partial charge on any atom is -0.396 e. The van der Waals surface area contributed by atoms with Gasteiger partial charge in [0.25, 0.3) is 0 Å². The second-order valence-electron chi connectivity index (χ2n) is 31.4. The van der Waals surface area contributed by atoms with E-state index in [9.17, 15) is 0 Å². The van der Waals surface area contributed by atoms with Gasteiger partial charge in [0.2, 0.25) is 0 Å². The van der Waals surface area contributed by atoms with Crippen molar-refractivity contribution in [2.24, 2.45) is 21.2 Å². The SMILES string of the molecule is C=CC1NN=CC1C1=CNC(c2ccc(CCCO)nc2)C=C1CCCC.C=CC1NN=CC1c1cnc(N(CC)CC)cc1CCCC.C=CC1NN=CC1c1cnc(N)cc1CCCC.Nc1ccc(Nc2nc3ccc4[nH]ncc4c3c3c2CCCC3)cn1.c1ccc(-c2[nH]ncc2-c2nc3ccc4[nH]ncc4c3c3c2CCCC3)cc1. The van der Waals surface area contributed by atoms with Crippen LogP contribution in [0.15, 0.2) is 211 Å². The predicted molar refractivity (Wildman–Crippen MR) is 492 cm³/mol. The van der Waals surface area contributed by atoms with Gasteiger partial charge in [-0.2, -0.15) is 30.6 Å². The van der Waals surface area contributed by atoms with Crippen LogP contribution in [0.1, 0.15) is 185 Å². The topological polar surface area (TPSA) is 336 Å². The van der Waals surface area contributed by atoms with Crippen molar-refractivity contribution in [1.29, 1.82) is 0 Å². The van der Waals surface area contributed by atoms with Crippen LogP contribution in [0.25, 0.3) is 66.1 Å². The molecule has 0 spiro atoms. The van der Waals surface area contributed by atoms with E-state index in [1.807, 2.05) is 98.3 Å². The van der Waals surface area contributed by atoms with Gasteiger partial charge >= 0.3 is 0 Å². The van der Waals surface area contributed by atoms with Gasteiger partial charge in [-0.1, -0.05) is 101 Å². The van der Waals surface area contributed by atoms with E-state index >= 15 is 0 Å². The van der Waals surface area contributed by atoms with Gasteiger partial charge in [0.15, 0.2) is 0 Å². The Morgan fingerprint density at radius 3 is 1.71 bits per heavy atom. The Balaban J connectivity index is 0.000000124.